The van der Waals surface area contributed by atoms with Gasteiger partial charge in [-0.2, -0.15) is 0 Å². The minimum atomic E-state index is -0.382. The predicted molar refractivity (Wildman–Crippen MR) is 107 cm³/mol. The monoisotopic (exact) mass is 384 g/mol. The summed E-state index contributed by atoms with van der Waals surface area (Å²) in [5.74, 6) is -0.673. The highest BCUT2D eigenvalue weighted by atomic mass is 32.2. The lowest BCUT2D eigenvalue weighted by atomic mass is 10.1. The molecule has 0 aliphatic carbocycles. The summed E-state index contributed by atoms with van der Waals surface area (Å²) < 4.78 is 5.13. The number of carbonyl (C=O) groups is 2. The Morgan fingerprint density at radius 1 is 1.00 bits per heavy atom. The second kappa shape index (κ2) is 8.05. The van der Waals surface area contributed by atoms with Gasteiger partial charge < -0.3 is 15.0 Å². The van der Waals surface area contributed by atoms with E-state index in [1.807, 2.05) is 45.0 Å². The van der Waals surface area contributed by atoms with Crippen LogP contribution in [0.2, 0.25) is 0 Å². The molecule has 2 aromatic carbocycles. The summed E-state index contributed by atoms with van der Waals surface area (Å²) in [4.78, 5) is 28.4. The average molecular weight is 385 g/mol. The highest BCUT2D eigenvalue weighted by Crippen LogP contribution is 2.47. The Kier molecular flexibility index (Phi) is 5.75. The summed E-state index contributed by atoms with van der Waals surface area (Å²) in [6.07, 6.45) is 0.204. The fourth-order valence-electron chi connectivity index (χ4n) is 2.90. The first-order valence-corrected chi connectivity index (χ1v) is 9.75. The number of nitrogens with zero attached hydrogens (tertiary/aromatic N) is 1. The largest absolute Gasteiger partial charge is 0.456 e. The molecule has 0 bridgehead atoms. The van der Waals surface area contributed by atoms with E-state index in [1.54, 1.807) is 11.8 Å². The van der Waals surface area contributed by atoms with Gasteiger partial charge >= 0.3 is 5.97 Å². The van der Waals surface area contributed by atoms with E-state index in [-0.39, 0.29) is 30.4 Å². The summed E-state index contributed by atoms with van der Waals surface area (Å²) in [6, 6.07) is 16.3. The number of rotatable bonds is 5. The third-order valence-corrected chi connectivity index (χ3v) is 5.08. The number of hydrogen-bond donors (Lipinski definition) is 1. The van der Waals surface area contributed by atoms with Gasteiger partial charge in [-0.3, -0.25) is 9.59 Å². The van der Waals surface area contributed by atoms with E-state index in [9.17, 15) is 9.59 Å². The van der Waals surface area contributed by atoms with Gasteiger partial charge in [0.15, 0.2) is 6.61 Å². The molecule has 1 aliphatic rings. The van der Waals surface area contributed by atoms with Crippen LogP contribution in [0.4, 0.5) is 11.4 Å². The van der Waals surface area contributed by atoms with Gasteiger partial charge in [0.2, 0.25) is 0 Å². The number of para-hydroxylation sites is 2. The summed E-state index contributed by atoms with van der Waals surface area (Å²) in [5, 5.41) is 2.78. The molecule has 0 saturated carbocycles. The van der Waals surface area contributed by atoms with Gasteiger partial charge in [0.05, 0.1) is 17.8 Å². The van der Waals surface area contributed by atoms with Crippen LogP contribution < -0.4 is 10.2 Å². The van der Waals surface area contributed by atoms with Crippen LogP contribution in [0.5, 0.6) is 0 Å². The quantitative estimate of drug-likeness (QED) is 0.785. The van der Waals surface area contributed by atoms with Crippen LogP contribution in [-0.4, -0.2) is 30.6 Å². The molecular weight excluding hydrogens is 360 g/mol. The fourth-order valence-corrected chi connectivity index (χ4v) is 3.99. The van der Waals surface area contributed by atoms with Gasteiger partial charge in [-0.05, 0) is 45.0 Å². The molecule has 1 N–H and O–H groups in total. The molecule has 0 unspecified atom stereocenters. The van der Waals surface area contributed by atoms with E-state index in [1.165, 1.54) is 0 Å². The zero-order chi connectivity index (χ0) is 19.4. The Hall–Kier alpha value is -2.47. The number of nitrogens with one attached hydrogen (secondary N) is 1. The van der Waals surface area contributed by atoms with Crippen molar-refractivity contribution in [3.63, 3.8) is 0 Å². The minimum Gasteiger partial charge on any atom is -0.456 e. The number of amides is 1. The highest BCUT2D eigenvalue weighted by molar-refractivity contribution is 7.99. The number of anilines is 2. The van der Waals surface area contributed by atoms with Crippen molar-refractivity contribution in [1.82, 2.24) is 5.32 Å². The van der Waals surface area contributed by atoms with Crippen molar-refractivity contribution >= 4 is 35.0 Å². The third kappa shape index (κ3) is 5.04. The normalized spacial score (nSPS) is 12.8. The van der Waals surface area contributed by atoms with Gasteiger partial charge in [-0.25, -0.2) is 0 Å². The maximum atomic E-state index is 12.1. The second-order valence-corrected chi connectivity index (χ2v) is 8.48. The van der Waals surface area contributed by atoms with Crippen molar-refractivity contribution in [3.05, 3.63) is 48.5 Å². The topological polar surface area (TPSA) is 58.6 Å². The number of esters is 1. The molecule has 0 fully saturated rings. The molecule has 1 aliphatic heterocycles. The minimum absolute atomic E-state index is 0.204. The molecular formula is C21H24N2O3S. The van der Waals surface area contributed by atoms with E-state index in [2.05, 4.69) is 34.5 Å². The molecule has 3 rings (SSSR count). The Morgan fingerprint density at radius 3 is 2.11 bits per heavy atom. The van der Waals surface area contributed by atoms with Gasteiger partial charge in [0.1, 0.15) is 0 Å². The van der Waals surface area contributed by atoms with Crippen LogP contribution in [-0.2, 0) is 14.3 Å². The van der Waals surface area contributed by atoms with Crippen LogP contribution in [0.3, 0.4) is 0 Å². The van der Waals surface area contributed by atoms with Crippen molar-refractivity contribution in [3.8, 4) is 0 Å². The number of ether oxygens (including phenoxy) is 1. The van der Waals surface area contributed by atoms with Crippen LogP contribution in [0, 0.1) is 0 Å². The zero-order valence-corrected chi connectivity index (χ0v) is 16.6. The third-order valence-electron chi connectivity index (χ3n) is 3.95. The molecule has 0 saturated heterocycles. The lowest BCUT2D eigenvalue weighted by Gasteiger charge is -2.32. The lowest BCUT2D eigenvalue weighted by Crippen LogP contribution is -2.42. The second-order valence-electron chi connectivity index (χ2n) is 7.40. The van der Waals surface area contributed by atoms with Gasteiger partial charge in [-0.1, -0.05) is 36.0 Å². The van der Waals surface area contributed by atoms with Crippen molar-refractivity contribution in [2.45, 2.75) is 42.5 Å². The molecule has 6 heteroatoms. The Morgan fingerprint density at radius 2 is 1.56 bits per heavy atom. The van der Waals surface area contributed by atoms with Crippen molar-refractivity contribution in [2.24, 2.45) is 0 Å². The van der Waals surface area contributed by atoms with E-state index in [0.29, 0.717) is 6.54 Å². The van der Waals surface area contributed by atoms with Gasteiger partial charge in [0.25, 0.3) is 5.91 Å². The first-order chi connectivity index (χ1) is 12.8. The van der Waals surface area contributed by atoms with E-state index in [0.717, 1.165) is 21.2 Å². The maximum Gasteiger partial charge on any atom is 0.308 e. The molecule has 1 amide bonds. The van der Waals surface area contributed by atoms with Crippen molar-refractivity contribution in [2.75, 3.05) is 18.1 Å². The number of carbonyl (C=O) groups excluding carboxylic acids is 2. The predicted octanol–water partition coefficient (Wildman–Crippen LogP) is 4.14. The molecule has 142 valence electrons. The molecule has 0 atom stereocenters. The molecule has 2 aromatic rings. The summed E-state index contributed by atoms with van der Waals surface area (Å²) in [5.41, 5.74) is 1.82. The molecule has 0 aromatic heterocycles. The van der Waals surface area contributed by atoms with Crippen LogP contribution in [0.25, 0.3) is 0 Å². The molecule has 1 heterocycles. The molecule has 0 radical (unpaired) electrons. The average Bonchev–Trinajstić information content (AvgIpc) is 2.62. The van der Waals surface area contributed by atoms with Gasteiger partial charge in [0, 0.05) is 21.9 Å². The van der Waals surface area contributed by atoms with Crippen molar-refractivity contribution < 1.29 is 14.3 Å². The number of fused-ring (bicyclic) bond motifs is 2. The maximum absolute atomic E-state index is 12.1. The standard InChI is InChI=1S/C21H24N2O3S/c1-21(2,3)22-19(24)14-26-20(25)12-13-23-15-8-4-6-10-17(15)27-18-11-7-5-9-16(18)23/h4-11H,12-14H2,1-3H3,(H,22,24). The summed E-state index contributed by atoms with van der Waals surface area (Å²) in [6.45, 7) is 5.90. The smallest absolute Gasteiger partial charge is 0.308 e. The van der Waals surface area contributed by atoms with Crippen LogP contribution >= 0.6 is 11.8 Å². The molecule has 27 heavy (non-hydrogen) atoms. The Labute approximate surface area is 164 Å². The first kappa shape index (κ1) is 19.3. The SMILES string of the molecule is CC(C)(C)NC(=O)COC(=O)CCN1c2ccccc2Sc2ccccc21. The van der Waals surface area contributed by atoms with E-state index < -0.39 is 0 Å². The Bertz CT molecular complexity index is 800. The number of hydrogen-bond acceptors (Lipinski definition) is 5. The molecule has 0 spiro atoms. The van der Waals surface area contributed by atoms with E-state index >= 15 is 0 Å². The highest BCUT2D eigenvalue weighted by Gasteiger charge is 2.23. The van der Waals surface area contributed by atoms with E-state index in [4.69, 9.17) is 4.74 Å². The first-order valence-electron chi connectivity index (χ1n) is 8.93. The number of benzene rings is 2. The van der Waals surface area contributed by atoms with Crippen molar-refractivity contribution in [1.29, 1.82) is 0 Å². The van der Waals surface area contributed by atoms with Gasteiger partial charge in [-0.15, -0.1) is 0 Å². The Balaban J connectivity index is 1.63. The summed E-state index contributed by atoms with van der Waals surface area (Å²) in [7, 11) is 0. The molecule has 5 nitrogen and oxygen atoms in total. The van der Waals surface area contributed by atoms with Crippen LogP contribution in [0.1, 0.15) is 27.2 Å². The summed E-state index contributed by atoms with van der Waals surface area (Å²) >= 11 is 1.73. The lowest BCUT2D eigenvalue weighted by molar-refractivity contribution is -0.148. The fraction of sp³-hybridized carbons (Fsp3) is 0.333. The van der Waals surface area contributed by atoms with Crippen LogP contribution in [0.15, 0.2) is 58.3 Å². The zero-order valence-electron chi connectivity index (χ0n) is 15.8.